The summed E-state index contributed by atoms with van der Waals surface area (Å²) in [5.41, 5.74) is -0.0692. The number of carbonyl (C=O) groups is 3. The van der Waals surface area contributed by atoms with Gasteiger partial charge in [-0.2, -0.15) is 0 Å². The average molecular weight is 493 g/mol. The van der Waals surface area contributed by atoms with E-state index in [4.69, 9.17) is 33.3 Å². The van der Waals surface area contributed by atoms with Crippen molar-refractivity contribution in [3.63, 3.8) is 0 Å². The van der Waals surface area contributed by atoms with Crippen LogP contribution in [0.1, 0.15) is 12.5 Å². The first-order valence-electron chi connectivity index (χ1n) is 9.58. The molecule has 0 radical (unpaired) electrons. The van der Waals surface area contributed by atoms with Gasteiger partial charge in [0.05, 0.1) is 24.4 Å². The van der Waals surface area contributed by atoms with Gasteiger partial charge in [-0.05, 0) is 55.0 Å². The van der Waals surface area contributed by atoms with Crippen molar-refractivity contribution in [1.82, 2.24) is 5.32 Å². The number of ether oxygens (including phenoxy) is 3. The molecule has 2 amide bonds. The van der Waals surface area contributed by atoms with E-state index < -0.39 is 30.2 Å². The number of carbonyl (C=O) groups excluding carboxylic acids is 3. The van der Waals surface area contributed by atoms with Crippen LogP contribution in [0.3, 0.4) is 0 Å². The molecule has 1 N–H and O–H groups in total. The summed E-state index contributed by atoms with van der Waals surface area (Å²) in [6, 6.07) is 8.45. The van der Waals surface area contributed by atoms with Gasteiger partial charge in [0.25, 0.3) is 11.8 Å². The molecular weight excluding hydrogens is 475 g/mol. The minimum Gasteiger partial charge on any atom is -0.490 e. The van der Waals surface area contributed by atoms with E-state index in [1.807, 2.05) is 0 Å². The Morgan fingerprint density at radius 3 is 2.64 bits per heavy atom. The molecule has 2 aromatic carbocycles. The molecule has 0 aromatic heterocycles. The molecule has 2 aromatic rings. The monoisotopic (exact) mass is 492 g/mol. The van der Waals surface area contributed by atoms with E-state index in [1.165, 1.54) is 49.6 Å². The Hall–Kier alpha value is -3.50. The zero-order chi connectivity index (χ0) is 24.1. The summed E-state index contributed by atoms with van der Waals surface area (Å²) in [7, 11) is 1.22. The summed E-state index contributed by atoms with van der Waals surface area (Å²) >= 11 is 11.4. The second-order valence-electron chi connectivity index (χ2n) is 6.54. The highest BCUT2D eigenvalue weighted by atomic mass is 35.5. The minimum atomic E-state index is -0.811. The van der Waals surface area contributed by atoms with E-state index in [0.29, 0.717) is 5.56 Å². The van der Waals surface area contributed by atoms with Crippen molar-refractivity contribution in [2.24, 2.45) is 0 Å². The number of thiocarbonyl (C=S) groups is 1. The zero-order valence-electron chi connectivity index (χ0n) is 17.5. The fourth-order valence-electron chi connectivity index (χ4n) is 2.94. The molecular formula is C22H18ClFN2O6S. The molecule has 1 heterocycles. The number of hydrogen-bond acceptors (Lipinski definition) is 7. The molecule has 11 heteroatoms. The van der Waals surface area contributed by atoms with Crippen LogP contribution < -0.4 is 19.7 Å². The molecule has 0 aliphatic carbocycles. The highest BCUT2D eigenvalue weighted by Gasteiger charge is 2.35. The van der Waals surface area contributed by atoms with E-state index in [9.17, 15) is 18.8 Å². The third kappa shape index (κ3) is 5.29. The largest absolute Gasteiger partial charge is 0.490 e. The summed E-state index contributed by atoms with van der Waals surface area (Å²) in [5, 5.41) is 2.21. The molecule has 8 nitrogen and oxygen atoms in total. The maximum absolute atomic E-state index is 14.3. The number of methoxy groups -OCH3 is 1. The van der Waals surface area contributed by atoms with Crippen molar-refractivity contribution in [3.05, 3.63) is 58.4 Å². The predicted octanol–water partition coefficient (Wildman–Crippen LogP) is 3.26. The number of rotatable bonds is 7. The van der Waals surface area contributed by atoms with E-state index >= 15 is 0 Å². The van der Waals surface area contributed by atoms with Gasteiger partial charge in [0.15, 0.2) is 23.2 Å². The maximum Gasteiger partial charge on any atom is 0.343 e. The van der Waals surface area contributed by atoms with Gasteiger partial charge in [-0.1, -0.05) is 23.7 Å². The van der Waals surface area contributed by atoms with E-state index in [-0.39, 0.29) is 39.5 Å². The van der Waals surface area contributed by atoms with E-state index in [2.05, 4.69) is 10.1 Å². The van der Waals surface area contributed by atoms with Crippen LogP contribution in [-0.4, -0.2) is 43.2 Å². The predicted molar refractivity (Wildman–Crippen MR) is 123 cm³/mol. The van der Waals surface area contributed by atoms with Crippen LogP contribution in [0.2, 0.25) is 5.02 Å². The SMILES string of the molecule is CCOc1cc(/C=C2\C(=O)NC(=S)N(c3ccccc3F)C2=O)cc(Cl)c1OCC(=O)OC. The molecule has 0 spiro atoms. The van der Waals surface area contributed by atoms with Crippen molar-refractivity contribution in [2.45, 2.75) is 6.92 Å². The number of para-hydroxylation sites is 1. The van der Waals surface area contributed by atoms with Crippen molar-refractivity contribution in [1.29, 1.82) is 0 Å². The van der Waals surface area contributed by atoms with Gasteiger partial charge in [-0.25, -0.2) is 14.1 Å². The van der Waals surface area contributed by atoms with Crippen LogP contribution >= 0.6 is 23.8 Å². The van der Waals surface area contributed by atoms with Crippen molar-refractivity contribution in [3.8, 4) is 11.5 Å². The lowest BCUT2D eigenvalue weighted by Gasteiger charge is -2.29. The Bertz CT molecular complexity index is 1170. The molecule has 172 valence electrons. The standard InChI is InChI=1S/C22H18ClFN2O6S/c1-3-31-17-10-12(9-14(23)19(17)32-11-18(27)30-2)8-13-20(28)25-22(33)26(21(13)29)16-7-5-4-6-15(16)24/h4-10H,3,11H2,1-2H3,(H,25,28,33)/b13-8+. The molecule has 1 aliphatic heterocycles. The number of halogens is 2. The van der Waals surface area contributed by atoms with Crippen LogP contribution in [0.4, 0.5) is 10.1 Å². The Balaban J connectivity index is 2.00. The van der Waals surface area contributed by atoms with Gasteiger partial charge in [-0.15, -0.1) is 0 Å². The van der Waals surface area contributed by atoms with Crippen LogP contribution in [0, 0.1) is 5.82 Å². The third-order valence-corrected chi connectivity index (χ3v) is 4.97. The molecule has 3 rings (SSSR count). The number of nitrogens with zero attached hydrogens (tertiary/aromatic N) is 1. The summed E-state index contributed by atoms with van der Waals surface area (Å²) < 4.78 is 29.8. The number of nitrogens with one attached hydrogen (secondary N) is 1. The van der Waals surface area contributed by atoms with Crippen molar-refractivity contribution < 1.29 is 33.0 Å². The second kappa shape index (κ2) is 10.4. The highest BCUT2D eigenvalue weighted by Crippen LogP contribution is 2.37. The lowest BCUT2D eigenvalue weighted by atomic mass is 10.1. The Morgan fingerprint density at radius 1 is 1.24 bits per heavy atom. The summed E-state index contributed by atoms with van der Waals surface area (Å²) in [5.74, 6) is -2.58. The maximum atomic E-state index is 14.3. The smallest absolute Gasteiger partial charge is 0.343 e. The molecule has 33 heavy (non-hydrogen) atoms. The van der Waals surface area contributed by atoms with Gasteiger partial charge < -0.3 is 14.2 Å². The molecule has 1 aliphatic rings. The van der Waals surface area contributed by atoms with Crippen LogP contribution in [0.15, 0.2) is 42.0 Å². The Kier molecular flexibility index (Phi) is 7.62. The lowest BCUT2D eigenvalue weighted by molar-refractivity contribution is -0.143. The molecule has 1 fully saturated rings. The van der Waals surface area contributed by atoms with Crippen molar-refractivity contribution in [2.75, 3.05) is 25.2 Å². The number of benzene rings is 2. The van der Waals surface area contributed by atoms with Crippen LogP contribution in [0.5, 0.6) is 11.5 Å². The number of hydrogen-bond donors (Lipinski definition) is 1. The Morgan fingerprint density at radius 2 is 1.97 bits per heavy atom. The lowest BCUT2D eigenvalue weighted by Crippen LogP contribution is -2.54. The first kappa shape index (κ1) is 24.1. The van der Waals surface area contributed by atoms with Gasteiger partial charge in [0.1, 0.15) is 11.4 Å². The van der Waals surface area contributed by atoms with E-state index in [0.717, 1.165) is 4.90 Å². The number of amides is 2. The molecule has 0 bridgehead atoms. The molecule has 0 atom stereocenters. The summed E-state index contributed by atoms with van der Waals surface area (Å²) in [6.07, 6.45) is 1.27. The topological polar surface area (TPSA) is 94.2 Å². The quantitative estimate of drug-likeness (QED) is 0.274. The second-order valence-corrected chi connectivity index (χ2v) is 7.33. The van der Waals surface area contributed by atoms with Crippen molar-refractivity contribution >= 4 is 58.5 Å². The van der Waals surface area contributed by atoms with Crippen LogP contribution in [-0.2, 0) is 19.1 Å². The first-order chi connectivity index (χ1) is 15.8. The van der Waals surface area contributed by atoms with Gasteiger partial charge >= 0.3 is 5.97 Å². The Labute approximate surface area is 198 Å². The van der Waals surface area contributed by atoms with E-state index in [1.54, 1.807) is 6.92 Å². The fourth-order valence-corrected chi connectivity index (χ4v) is 3.49. The minimum absolute atomic E-state index is 0.0712. The molecule has 1 saturated heterocycles. The number of anilines is 1. The zero-order valence-corrected chi connectivity index (χ0v) is 19.1. The van der Waals surface area contributed by atoms with Gasteiger partial charge in [0, 0.05) is 0 Å². The van der Waals surface area contributed by atoms with Gasteiger partial charge in [0.2, 0.25) is 0 Å². The first-order valence-corrected chi connectivity index (χ1v) is 10.4. The summed E-state index contributed by atoms with van der Waals surface area (Å²) in [4.78, 5) is 37.9. The van der Waals surface area contributed by atoms with Gasteiger partial charge in [-0.3, -0.25) is 14.9 Å². The average Bonchev–Trinajstić information content (AvgIpc) is 2.77. The normalized spacial score (nSPS) is 14.8. The highest BCUT2D eigenvalue weighted by molar-refractivity contribution is 7.80. The fraction of sp³-hybridized carbons (Fsp3) is 0.182. The third-order valence-electron chi connectivity index (χ3n) is 4.40. The number of esters is 1. The van der Waals surface area contributed by atoms with Crippen LogP contribution in [0.25, 0.3) is 6.08 Å². The summed E-state index contributed by atoms with van der Waals surface area (Å²) in [6.45, 7) is 1.58. The molecule has 0 saturated carbocycles. The molecule has 0 unspecified atom stereocenters.